The zero-order chi connectivity index (χ0) is 11.3. The van der Waals surface area contributed by atoms with Crippen molar-refractivity contribution >= 4 is 5.97 Å². The molecule has 0 aliphatic heterocycles. The van der Waals surface area contributed by atoms with Crippen LogP contribution in [0.1, 0.15) is 26.2 Å². The van der Waals surface area contributed by atoms with Crippen molar-refractivity contribution in [3.05, 3.63) is 0 Å². The van der Waals surface area contributed by atoms with Crippen molar-refractivity contribution in [3.8, 4) is 0 Å². The molecule has 4 heteroatoms. The van der Waals surface area contributed by atoms with Crippen LogP contribution in [0.25, 0.3) is 0 Å². The van der Waals surface area contributed by atoms with E-state index in [9.17, 15) is 4.79 Å². The molecule has 0 spiro atoms. The quantitative estimate of drug-likeness (QED) is 0.548. The molecule has 1 fully saturated rings. The van der Waals surface area contributed by atoms with Crippen LogP contribution < -0.4 is 5.32 Å². The van der Waals surface area contributed by atoms with Gasteiger partial charge in [0.05, 0.1) is 13.7 Å². The smallest absolute Gasteiger partial charge is 0.326 e. The van der Waals surface area contributed by atoms with E-state index in [0.29, 0.717) is 19.1 Å². The van der Waals surface area contributed by atoms with Crippen LogP contribution in [-0.2, 0) is 14.3 Å². The normalized spacial score (nSPS) is 30.5. The second-order valence-electron chi connectivity index (χ2n) is 4.34. The van der Waals surface area contributed by atoms with E-state index in [-0.39, 0.29) is 5.97 Å². The zero-order valence-electron chi connectivity index (χ0n) is 9.84. The van der Waals surface area contributed by atoms with Gasteiger partial charge in [0.2, 0.25) is 0 Å². The monoisotopic (exact) mass is 215 g/mol. The van der Waals surface area contributed by atoms with Gasteiger partial charge < -0.3 is 9.47 Å². The minimum absolute atomic E-state index is 0.136. The van der Waals surface area contributed by atoms with E-state index in [4.69, 9.17) is 9.47 Å². The van der Waals surface area contributed by atoms with Crippen molar-refractivity contribution in [2.45, 2.75) is 31.7 Å². The number of rotatable bonds is 5. The lowest BCUT2D eigenvalue weighted by molar-refractivity contribution is -0.148. The molecule has 4 nitrogen and oxygen atoms in total. The van der Waals surface area contributed by atoms with Crippen molar-refractivity contribution in [2.24, 2.45) is 5.92 Å². The molecule has 0 radical (unpaired) electrons. The summed E-state index contributed by atoms with van der Waals surface area (Å²) >= 11 is 0. The van der Waals surface area contributed by atoms with Gasteiger partial charge in [0.15, 0.2) is 0 Å². The fourth-order valence-corrected chi connectivity index (χ4v) is 2.30. The van der Waals surface area contributed by atoms with E-state index in [1.54, 1.807) is 7.11 Å². The van der Waals surface area contributed by atoms with E-state index >= 15 is 0 Å². The highest BCUT2D eigenvalue weighted by Crippen LogP contribution is 2.35. The maximum atomic E-state index is 11.8. The van der Waals surface area contributed by atoms with Crippen molar-refractivity contribution in [2.75, 3.05) is 27.4 Å². The molecule has 0 aromatic heterocycles. The topological polar surface area (TPSA) is 47.6 Å². The van der Waals surface area contributed by atoms with Gasteiger partial charge in [-0.05, 0) is 25.2 Å². The molecule has 1 saturated carbocycles. The molecule has 0 saturated heterocycles. The summed E-state index contributed by atoms with van der Waals surface area (Å²) in [5.41, 5.74) is -0.466. The minimum Gasteiger partial charge on any atom is -0.468 e. The van der Waals surface area contributed by atoms with Crippen LogP contribution in [0.4, 0.5) is 0 Å². The highest BCUT2D eigenvalue weighted by molar-refractivity contribution is 5.81. The molecular weight excluding hydrogens is 194 g/mol. The Balaban J connectivity index is 2.57. The van der Waals surface area contributed by atoms with Crippen molar-refractivity contribution < 1.29 is 14.3 Å². The van der Waals surface area contributed by atoms with Gasteiger partial charge in [0, 0.05) is 13.7 Å². The third kappa shape index (κ3) is 2.92. The maximum absolute atomic E-state index is 11.8. The first-order valence-corrected chi connectivity index (χ1v) is 5.47. The predicted molar refractivity (Wildman–Crippen MR) is 57.6 cm³/mol. The molecule has 15 heavy (non-hydrogen) atoms. The summed E-state index contributed by atoms with van der Waals surface area (Å²) in [4.78, 5) is 11.8. The highest BCUT2D eigenvalue weighted by atomic mass is 16.5. The molecule has 0 bridgehead atoms. The fourth-order valence-electron chi connectivity index (χ4n) is 2.30. The van der Waals surface area contributed by atoms with E-state index in [1.807, 2.05) is 0 Å². The third-order valence-electron chi connectivity index (χ3n) is 3.11. The molecule has 0 aromatic rings. The van der Waals surface area contributed by atoms with Crippen LogP contribution in [0, 0.1) is 5.92 Å². The van der Waals surface area contributed by atoms with Crippen molar-refractivity contribution in [1.82, 2.24) is 5.32 Å². The minimum atomic E-state index is -0.466. The van der Waals surface area contributed by atoms with Crippen LogP contribution in [0.2, 0.25) is 0 Å². The van der Waals surface area contributed by atoms with Crippen LogP contribution >= 0.6 is 0 Å². The number of esters is 1. The molecule has 1 rings (SSSR count). The predicted octanol–water partition coefficient (Wildman–Crippen LogP) is 0.954. The second-order valence-corrected chi connectivity index (χ2v) is 4.34. The third-order valence-corrected chi connectivity index (χ3v) is 3.11. The van der Waals surface area contributed by atoms with Gasteiger partial charge in [-0.15, -0.1) is 0 Å². The van der Waals surface area contributed by atoms with Crippen molar-refractivity contribution in [1.29, 1.82) is 0 Å². The summed E-state index contributed by atoms with van der Waals surface area (Å²) in [6.07, 6.45) is 2.81. The van der Waals surface area contributed by atoms with E-state index in [1.165, 1.54) is 7.11 Å². The number of nitrogens with one attached hydrogen (secondary N) is 1. The highest BCUT2D eigenvalue weighted by Gasteiger charge is 2.44. The lowest BCUT2D eigenvalue weighted by atomic mass is 9.96. The Kier molecular flexibility index (Phi) is 4.54. The lowest BCUT2D eigenvalue weighted by Crippen LogP contribution is -2.51. The van der Waals surface area contributed by atoms with E-state index in [2.05, 4.69) is 12.2 Å². The maximum Gasteiger partial charge on any atom is 0.326 e. The van der Waals surface area contributed by atoms with Gasteiger partial charge >= 0.3 is 5.97 Å². The summed E-state index contributed by atoms with van der Waals surface area (Å²) in [5, 5.41) is 3.28. The summed E-state index contributed by atoms with van der Waals surface area (Å²) in [5.74, 6) is 0.446. The van der Waals surface area contributed by atoms with Gasteiger partial charge in [-0.2, -0.15) is 0 Å². The largest absolute Gasteiger partial charge is 0.468 e. The lowest BCUT2D eigenvalue weighted by Gasteiger charge is -2.27. The number of ether oxygens (including phenoxy) is 2. The average Bonchev–Trinajstić information content (AvgIpc) is 2.61. The standard InChI is InChI=1S/C11H21NO3/c1-9-4-5-11(8-9,10(13)15-3)12-6-7-14-2/h9,12H,4-8H2,1-3H3. The first kappa shape index (κ1) is 12.5. The number of methoxy groups -OCH3 is 2. The van der Waals surface area contributed by atoms with Gasteiger partial charge in [0.25, 0.3) is 0 Å². The molecule has 88 valence electrons. The molecule has 1 N–H and O–H groups in total. The Morgan fingerprint density at radius 2 is 2.27 bits per heavy atom. The first-order chi connectivity index (χ1) is 7.14. The first-order valence-electron chi connectivity index (χ1n) is 5.47. The van der Waals surface area contributed by atoms with E-state index < -0.39 is 5.54 Å². The number of hydrogen-bond acceptors (Lipinski definition) is 4. The van der Waals surface area contributed by atoms with Gasteiger partial charge in [-0.3, -0.25) is 10.1 Å². The van der Waals surface area contributed by atoms with Crippen LogP contribution in [0.5, 0.6) is 0 Å². The SMILES string of the molecule is COCCNC1(C(=O)OC)CCC(C)C1. The second kappa shape index (κ2) is 5.47. The number of hydrogen-bond donors (Lipinski definition) is 1. The summed E-state index contributed by atoms with van der Waals surface area (Å²) in [6, 6.07) is 0. The average molecular weight is 215 g/mol. The molecule has 1 aliphatic rings. The van der Waals surface area contributed by atoms with Gasteiger partial charge in [-0.25, -0.2) is 0 Å². The molecule has 0 aromatic carbocycles. The van der Waals surface area contributed by atoms with Crippen molar-refractivity contribution in [3.63, 3.8) is 0 Å². The summed E-state index contributed by atoms with van der Waals surface area (Å²) < 4.78 is 9.85. The molecule has 0 amide bonds. The molecule has 1 aliphatic carbocycles. The van der Waals surface area contributed by atoms with Gasteiger partial charge in [-0.1, -0.05) is 6.92 Å². The molecule has 2 atom stereocenters. The van der Waals surface area contributed by atoms with Crippen LogP contribution in [0.15, 0.2) is 0 Å². The van der Waals surface area contributed by atoms with Crippen LogP contribution in [0.3, 0.4) is 0 Å². The molecule has 2 unspecified atom stereocenters. The Morgan fingerprint density at radius 3 is 2.73 bits per heavy atom. The Labute approximate surface area is 91.3 Å². The Bertz CT molecular complexity index is 220. The Hall–Kier alpha value is -0.610. The zero-order valence-corrected chi connectivity index (χ0v) is 9.84. The number of carbonyl (C=O) groups excluding carboxylic acids is 1. The number of carbonyl (C=O) groups is 1. The van der Waals surface area contributed by atoms with E-state index in [0.717, 1.165) is 19.3 Å². The fraction of sp³-hybridized carbons (Fsp3) is 0.909. The van der Waals surface area contributed by atoms with Gasteiger partial charge in [0.1, 0.15) is 5.54 Å². The van der Waals surface area contributed by atoms with Crippen LogP contribution in [-0.4, -0.2) is 38.9 Å². The summed E-state index contributed by atoms with van der Waals surface area (Å²) in [7, 11) is 3.11. The summed E-state index contributed by atoms with van der Waals surface area (Å²) in [6.45, 7) is 3.48. The molecular formula is C11H21NO3. The Morgan fingerprint density at radius 1 is 1.53 bits per heavy atom. The molecule has 0 heterocycles.